The molecule has 0 amide bonds. The van der Waals surface area contributed by atoms with E-state index in [0.29, 0.717) is 24.3 Å². The minimum Gasteiger partial charge on any atom is -0.473 e. The van der Waals surface area contributed by atoms with E-state index in [0.717, 1.165) is 6.21 Å². The van der Waals surface area contributed by atoms with Crippen LogP contribution in [0.1, 0.15) is 18.4 Å². The molecular weight excluding hydrogens is 250 g/mol. The monoisotopic (exact) mass is 264 g/mol. The fraction of sp³-hybridized carbons (Fsp3) is 0.214. The molecule has 1 heterocycles. The molecule has 0 aromatic heterocycles. The lowest BCUT2D eigenvalue weighted by Crippen LogP contribution is -2.03. The molecule has 0 atom stereocenters. The normalized spacial score (nSPS) is 24.0. The van der Waals surface area contributed by atoms with E-state index in [1.165, 1.54) is 12.1 Å². The molecule has 0 fully saturated rings. The van der Waals surface area contributed by atoms with Gasteiger partial charge < -0.3 is 10.5 Å². The molecule has 0 bridgehead atoms. The Morgan fingerprint density at radius 3 is 2.95 bits per heavy atom. The number of nitrogens with two attached hydrogens (primary N) is 1. The number of benzene rings is 1. The molecule has 3 nitrogen and oxygen atoms in total. The molecule has 1 aromatic rings. The number of allylic oxidation sites excluding steroid dienone is 3. The van der Waals surface area contributed by atoms with Gasteiger partial charge in [0.25, 0.3) is 0 Å². The highest BCUT2D eigenvalue weighted by atomic mass is 19.1. The van der Waals surface area contributed by atoms with Crippen LogP contribution < -0.4 is 5.73 Å². The van der Waals surface area contributed by atoms with Crippen molar-refractivity contribution in [1.82, 2.24) is 0 Å². The molecule has 0 unspecified atom stereocenters. The minimum atomic E-state index is -0.542. The first-order valence-electron chi connectivity index (χ1n) is 5.91. The predicted molar refractivity (Wildman–Crippen MR) is 69.3 cm³/mol. The summed E-state index contributed by atoms with van der Waals surface area (Å²) in [7, 11) is 0. The van der Waals surface area contributed by atoms with Crippen molar-refractivity contribution >= 4 is 6.21 Å². The second-order valence-corrected chi connectivity index (χ2v) is 4.13. The summed E-state index contributed by atoms with van der Waals surface area (Å²) in [6.07, 6.45) is 3.74. The maximum Gasteiger partial charge on any atom is 0.209 e. The predicted octanol–water partition coefficient (Wildman–Crippen LogP) is 3.19. The van der Waals surface area contributed by atoms with E-state index in [9.17, 15) is 8.78 Å². The third-order valence-corrected chi connectivity index (χ3v) is 2.62. The summed E-state index contributed by atoms with van der Waals surface area (Å²) >= 11 is 0. The van der Waals surface area contributed by atoms with Crippen molar-refractivity contribution in [3.63, 3.8) is 0 Å². The summed E-state index contributed by atoms with van der Waals surface area (Å²) in [5, 5.41) is 0. The smallest absolute Gasteiger partial charge is 0.209 e. The summed E-state index contributed by atoms with van der Waals surface area (Å²) in [5.74, 6) is -0.551. The summed E-state index contributed by atoms with van der Waals surface area (Å²) < 4.78 is 31.7. The molecule has 5 heteroatoms. The van der Waals surface area contributed by atoms with E-state index in [2.05, 4.69) is 4.99 Å². The Labute approximate surface area is 110 Å². The lowest BCUT2D eigenvalue weighted by molar-refractivity contribution is 0.195. The van der Waals surface area contributed by atoms with E-state index in [1.54, 1.807) is 18.2 Å². The van der Waals surface area contributed by atoms with Crippen molar-refractivity contribution in [3.05, 3.63) is 59.1 Å². The van der Waals surface area contributed by atoms with E-state index in [4.69, 9.17) is 10.5 Å². The average molecular weight is 264 g/mol. The topological polar surface area (TPSA) is 47.6 Å². The van der Waals surface area contributed by atoms with Crippen molar-refractivity contribution < 1.29 is 13.5 Å². The van der Waals surface area contributed by atoms with Crippen LogP contribution in [0.5, 0.6) is 0 Å². The molecule has 100 valence electrons. The SMILES string of the molecule is N/C1=C(F)/C=N\C(OCc2cccc(F)c2)=C\CC1. The quantitative estimate of drug-likeness (QED) is 0.911. The van der Waals surface area contributed by atoms with Gasteiger partial charge in [-0.15, -0.1) is 0 Å². The van der Waals surface area contributed by atoms with Crippen LogP contribution in [0.4, 0.5) is 8.78 Å². The van der Waals surface area contributed by atoms with Crippen LogP contribution in [-0.4, -0.2) is 6.21 Å². The Hall–Kier alpha value is -2.17. The number of nitrogens with zero attached hydrogens (tertiary/aromatic N) is 1. The fourth-order valence-corrected chi connectivity index (χ4v) is 1.61. The number of aliphatic imine (C=N–C) groups is 1. The van der Waals surface area contributed by atoms with E-state index in [1.807, 2.05) is 0 Å². The Balaban J connectivity index is 2.00. The third kappa shape index (κ3) is 3.91. The van der Waals surface area contributed by atoms with Crippen molar-refractivity contribution in [1.29, 1.82) is 0 Å². The largest absolute Gasteiger partial charge is 0.473 e. The molecule has 19 heavy (non-hydrogen) atoms. The zero-order valence-electron chi connectivity index (χ0n) is 10.3. The molecule has 0 saturated heterocycles. The molecule has 2 N–H and O–H groups in total. The zero-order valence-corrected chi connectivity index (χ0v) is 10.3. The molecular formula is C14H14F2N2O. The molecule has 1 aliphatic heterocycles. The van der Waals surface area contributed by atoms with Crippen LogP contribution >= 0.6 is 0 Å². The van der Waals surface area contributed by atoms with Crippen LogP contribution in [0.15, 0.2) is 52.7 Å². The van der Waals surface area contributed by atoms with Gasteiger partial charge in [0, 0.05) is 5.70 Å². The summed E-state index contributed by atoms with van der Waals surface area (Å²) in [5.41, 5.74) is 6.35. The Morgan fingerprint density at radius 2 is 2.16 bits per heavy atom. The summed E-state index contributed by atoms with van der Waals surface area (Å²) in [6.45, 7) is 0.182. The van der Waals surface area contributed by atoms with Crippen LogP contribution in [-0.2, 0) is 11.3 Å². The van der Waals surface area contributed by atoms with Gasteiger partial charge in [-0.25, -0.2) is 13.8 Å². The molecule has 0 radical (unpaired) electrons. The van der Waals surface area contributed by atoms with Crippen LogP contribution in [0.25, 0.3) is 0 Å². The van der Waals surface area contributed by atoms with Gasteiger partial charge in [0.05, 0.1) is 6.21 Å². The first-order valence-corrected chi connectivity index (χ1v) is 5.91. The Morgan fingerprint density at radius 1 is 1.32 bits per heavy atom. The zero-order chi connectivity index (χ0) is 13.7. The lowest BCUT2D eigenvalue weighted by Gasteiger charge is -2.09. The van der Waals surface area contributed by atoms with Gasteiger partial charge in [0.2, 0.25) is 5.88 Å². The first kappa shape index (κ1) is 13.3. The minimum absolute atomic E-state index is 0.182. The Bertz CT molecular complexity index is 550. The maximum absolute atomic E-state index is 13.3. The molecule has 0 aliphatic carbocycles. The van der Waals surface area contributed by atoms with E-state index >= 15 is 0 Å². The molecule has 2 rings (SSSR count). The molecule has 1 aliphatic rings. The highest BCUT2D eigenvalue weighted by Crippen LogP contribution is 2.15. The molecule has 0 saturated carbocycles. The van der Waals surface area contributed by atoms with Gasteiger partial charge in [-0.1, -0.05) is 12.1 Å². The van der Waals surface area contributed by atoms with Gasteiger partial charge in [0.1, 0.15) is 12.4 Å². The van der Waals surface area contributed by atoms with Crippen LogP contribution in [0.3, 0.4) is 0 Å². The lowest BCUT2D eigenvalue weighted by atomic mass is 10.2. The van der Waals surface area contributed by atoms with Crippen molar-refractivity contribution in [2.45, 2.75) is 19.4 Å². The van der Waals surface area contributed by atoms with Gasteiger partial charge >= 0.3 is 0 Å². The third-order valence-electron chi connectivity index (χ3n) is 2.62. The standard InChI is InChI=1S/C14H14F2N2O/c15-11-4-1-3-10(7-11)9-19-14-6-2-5-13(17)12(16)8-18-14/h1,3-4,6-8H,2,5,9,17H2/b13-12-,14-6-,18-8-. The summed E-state index contributed by atoms with van der Waals surface area (Å²) in [6, 6.07) is 6.09. The van der Waals surface area contributed by atoms with Gasteiger partial charge in [-0.3, -0.25) is 0 Å². The van der Waals surface area contributed by atoms with Gasteiger partial charge in [-0.05, 0) is 36.6 Å². The van der Waals surface area contributed by atoms with E-state index in [-0.39, 0.29) is 18.1 Å². The Kier molecular flexibility index (Phi) is 4.28. The molecule has 1 aromatic carbocycles. The second kappa shape index (κ2) is 6.13. The van der Waals surface area contributed by atoms with Crippen LogP contribution in [0.2, 0.25) is 0 Å². The number of rotatable bonds is 3. The van der Waals surface area contributed by atoms with Crippen molar-refractivity contribution in [3.8, 4) is 0 Å². The number of hydrogen-bond acceptors (Lipinski definition) is 3. The highest BCUT2D eigenvalue weighted by Gasteiger charge is 2.05. The number of halogens is 2. The second-order valence-electron chi connectivity index (χ2n) is 4.13. The van der Waals surface area contributed by atoms with Gasteiger partial charge in [0.15, 0.2) is 5.83 Å². The van der Waals surface area contributed by atoms with E-state index < -0.39 is 5.83 Å². The first-order chi connectivity index (χ1) is 9.15. The van der Waals surface area contributed by atoms with Gasteiger partial charge in [-0.2, -0.15) is 0 Å². The average Bonchev–Trinajstić information content (AvgIpc) is 2.39. The van der Waals surface area contributed by atoms with Crippen molar-refractivity contribution in [2.24, 2.45) is 10.7 Å². The van der Waals surface area contributed by atoms with Crippen molar-refractivity contribution in [2.75, 3.05) is 0 Å². The number of hydrogen-bond donors (Lipinski definition) is 1. The highest BCUT2D eigenvalue weighted by molar-refractivity contribution is 5.77. The fourth-order valence-electron chi connectivity index (χ4n) is 1.61. The number of ether oxygens (including phenoxy) is 1. The summed E-state index contributed by atoms with van der Waals surface area (Å²) in [4.78, 5) is 3.86. The molecule has 0 spiro atoms. The van der Waals surface area contributed by atoms with Crippen LogP contribution in [0, 0.1) is 5.82 Å². The maximum atomic E-state index is 13.3.